The molecule has 2 bridgehead atoms. The number of H-pyrrole nitrogens is 1. The minimum absolute atomic E-state index is 0.0108. The highest BCUT2D eigenvalue weighted by molar-refractivity contribution is 8.00. The summed E-state index contributed by atoms with van der Waals surface area (Å²) in [5.41, 5.74) is 3.24. The highest BCUT2D eigenvalue weighted by atomic mass is 32.2. The van der Waals surface area contributed by atoms with Crippen molar-refractivity contribution >= 4 is 52.2 Å². The molecule has 2 aliphatic heterocycles. The van der Waals surface area contributed by atoms with Crippen molar-refractivity contribution in [3.63, 3.8) is 0 Å². The number of methoxy groups -OCH3 is 2. The van der Waals surface area contributed by atoms with Crippen LogP contribution in [0.4, 0.5) is 11.4 Å². The van der Waals surface area contributed by atoms with Crippen LogP contribution in [-0.4, -0.2) is 48.8 Å². The molecular weight excluding hydrogens is 651 g/mol. The number of fused-ring (bicyclic) bond motifs is 9. The SMILES string of the molecule is COc1ccc(NC(=O)COc2ccc([C@@H]3c4sc(=O)[nH]c4S[C@@H]4[C@@H]5C[C@@H]([C@@H]6C(=O)N(c7ccc(C)cc7)C(=O)[C@@H]56)[C@H]34)cc2OC)cc1. The number of hydrogen-bond donors (Lipinski definition) is 2. The van der Waals surface area contributed by atoms with Gasteiger partial charge in [-0.2, -0.15) is 0 Å². The van der Waals surface area contributed by atoms with Crippen molar-refractivity contribution in [3.05, 3.63) is 92.4 Å². The molecule has 4 aromatic rings. The summed E-state index contributed by atoms with van der Waals surface area (Å²) in [6.45, 7) is 1.75. The highest BCUT2D eigenvalue weighted by Gasteiger charge is 2.69. The minimum Gasteiger partial charge on any atom is -0.497 e. The molecule has 0 radical (unpaired) electrons. The molecule has 3 heterocycles. The minimum atomic E-state index is -0.390. The Morgan fingerprint density at radius 2 is 1.65 bits per heavy atom. The third-order valence-corrected chi connectivity index (χ3v) is 12.9. The summed E-state index contributed by atoms with van der Waals surface area (Å²) in [7, 11) is 3.13. The van der Waals surface area contributed by atoms with Crippen LogP contribution in [0.1, 0.15) is 28.3 Å². The van der Waals surface area contributed by atoms with E-state index in [0.29, 0.717) is 28.6 Å². The second-order valence-electron chi connectivity index (χ2n) is 12.8. The smallest absolute Gasteiger partial charge is 0.305 e. The number of thioether (sulfide) groups is 1. The second kappa shape index (κ2) is 11.9. The van der Waals surface area contributed by atoms with Crippen LogP contribution in [0, 0.1) is 36.5 Å². The van der Waals surface area contributed by atoms with E-state index in [9.17, 15) is 19.2 Å². The van der Waals surface area contributed by atoms with E-state index in [1.165, 1.54) is 16.2 Å². The second-order valence-corrected chi connectivity index (χ2v) is 15.0. The molecular formula is C36H33N3O7S2. The van der Waals surface area contributed by atoms with Gasteiger partial charge >= 0.3 is 4.87 Å². The Bertz CT molecular complexity index is 1990. The molecule has 3 aromatic carbocycles. The van der Waals surface area contributed by atoms with E-state index in [1.54, 1.807) is 56.3 Å². The molecule has 246 valence electrons. The molecule has 8 rings (SSSR count). The Kier molecular flexibility index (Phi) is 7.59. The summed E-state index contributed by atoms with van der Waals surface area (Å²) in [6.07, 6.45) is 0.800. The maximum atomic E-state index is 14.0. The van der Waals surface area contributed by atoms with Crippen molar-refractivity contribution < 1.29 is 28.6 Å². The van der Waals surface area contributed by atoms with Gasteiger partial charge in [0, 0.05) is 21.7 Å². The zero-order valence-electron chi connectivity index (χ0n) is 26.4. The first-order valence-corrected chi connectivity index (χ1v) is 17.5. The molecule has 10 nitrogen and oxygen atoms in total. The molecule has 1 aromatic heterocycles. The van der Waals surface area contributed by atoms with Crippen molar-refractivity contribution in [2.24, 2.45) is 29.6 Å². The number of thiazole rings is 1. The predicted octanol–water partition coefficient (Wildman–Crippen LogP) is 5.46. The van der Waals surface area contributed by atoms with Crippen molar-refractivity contribution in [2.75, 3.05) is 31.0 Å². The fourth-order valence-electron chi connectivity index (χ4n) is 8.35. The van der Waals surface area contributed by atoms with Gasteiger partial charge < -0.3 is 24.5 Å². The van der Waals surface area contributed by atoms with Crippen LogP contribution in [0.5, 0.6) is 17.2 Å². The largest absolute Gasteiger partial charge is 0.497 e. The average Bonchev–Trinajstić information content (AvgIpc) is 3.83. The van der Waals surface area contributed by atoms with E-state index in [2.05, 4.69) is 10.3 Å². The first-order valence-electron chi connectivity index (χ1n) is 15.8. The summed E-state index contributed by atoms with van der Waals surface area (Å²) in [5, 5.41) is 3.71. The third kappa shape index (κ3) is 4.92. The van der Waals surface area contributed by atoms with E-state index >= 15 is 0 Å². The van der Waals surface area contributed by atoms with Crippen LogP contribution < -0.4 is 29.3 Å². The maximum Gasteiger partial charge on any atom is 0.305 e. The lowest BCUT2D eigenvalue weighted by Gasteiger charge is -2.43. The van der Waals surface area contributed by atoms with E-state index in [-0.39, 0.29) is 70.0 Å². The summed E-state index contributed by atoms with van der Waals surface area (Å²) in [5.74, 6) is 0.130. The van der Waals surface area contributed by atoms with Crippen molar-refractivity contribution in [1.82, 2.24) is 4.98 Å². The van der Waals surface area contributed by atoms with E-state index < -0.39 is 0 Å². The number of rotatable bonds is 8. The zero-order chi connectivity index (χ0) is 33.3. The van der Waals surface area contributed by atoms with Gasteiger partial charge in [0.15, 0.2) is 18.1 Å². The fraction of sp³-hybridized carbons (Fsp3) is 0.333. The Morgan fingerprint density at radius 3 is 2.35 bits per heavy atom. The van der Waals surface area contributed by atoms with Gasteiger partial charge in [-0.05, 0) is 85.2 Å². The van der Waals surface area contributed by atoms with Gasteiger partial charge in [-0.15, -0.1) is 11.8 Å². The van der Waals surface area contributed by atoms with Crippen molar-refractivity contribution in [3.8, 4) is 17.2 Å². The van der Waals surface area contributed by atoms with Gasteiger partial charge in [0.2, 0.25) is 11.8 Å². The van der Waals surface area contributed by atoms with Crippen molar-refractivity contribution in [1.29, 1.82) is 0 Å². The van der Waals surface area contributed by atoms with Crippen LogP contribution in [0.15, 0.2) is 76.6 Å². The number of imide groups is 1. The fourth-order valence-corrected chi connectivity index (χ4v) is 11.2. The number of nitrogens with one attached hydrogen (secondary N) is 2. The van der Waals surface area contributed by atoms with Crippen LogP contribution in [0.2, 0.25) is 0 Å². The van der Waals surface area contributed by atoms with E-state index in [0.717, 1.165) is 27.5 Å². The lowest BCUT2D eigenvalue weighted by Crippen LogP contribution is -2.42. The van der Waals surface area contributed by atoms with Gasteiger partial charge in [-0.1, -0.05) is 35.1 Å². The molecule has 12 heteroatoms. The highest BCUT2D eigenvalue weighted by Crippen LogP contribution is 2.68. The zero-order valence-corrected chi connectivity index (χ0v) is 28.1. The third-order valence-electron chi connectivity index (χ3n) is 10.3. The normalized spacial score (nSPS) is 26.6. The number of benzene rings is 3. The van der Waals surface area contributed by atoms with E-state index in [1.807, 2.05) is 43.3 Å². The Hall–Kier alpha value is -4.55. The van der Waals surface area contributed by atoms with Gasteiger partial charge in [0.1, 0.15) is 5.75 Å². The van der Waals surface area contributed by atoms with Gasteiger partial charge in [-0.25, -0.2) is 0 Å². The summed E-state index contributed by atoms with van der Waals surface area (Å²) < 4.78 is 16.8. The number of amides is 3. The first kappa shape index (κ1) is 30.8. The van der Waals surface area contributed by atoms with Gasteiger partial charge in [0.05, 0.1) is 36.8 Å². The number of carbonyl (C=O) groups is 3. The molecule has 3 amide bonds. The van der Waals surface area contributed by atoms with E-state index in [4.69, 9.17) is 14.2 Å². The quantitative estimate of drug-likeness (QED) is 0.235. The molecule has 4 aliphatic rings. The number of ether oxygens (including phenoxy) is 3. The monoisotopic (exact) mass is 683 g/mol. The molecule has 0 unspecified atom stereocenters. The topological polar surface area (TPSA) is 127 Å². The molecule has 1 saturated heterocycles. The van der Waals surface area contributed by atoms with Crippen LogP contribution >= 0.6 is 23.1 Å². The standard InChI is InChI=1S/C36H33N3O7S2/c1-17-4-9-20(10-5-17)39-34(41)29-22-15-23(30(29)35(39)42)31-28(22)27(32-33(47-31)38-36(43)48-32)18-6-13-24(25(14-18)45-3)46-16-26(40)37-19-7-11-21(44-2)12-8-19/h4-14,22-23,27-31H,15-16H2,1-3H3,(H,37,40)(H,38,43)/t22-,23-,27+,28-,29+,30+,31-/m1/s1. The predicted molar refractivity (Wildman–Crippen MR) is 182 cm³/mol. The molecule has 0 spiro atoms. The van der Waals surface area contributed by atoms with Gasteiger partial charge in [-0.3, -0.25) is 24.1 Å². The van der Waals surface area contributed by atoms with Gasteiger partial charge in [0.25, 0.3) is 5.91 Å². The Labute approximate surface area is 284 Å². The number of aromatic nitrogens is 1. The number of nitrogens with zero attached hydrogens (tertiary/aromatic N) is 1. The number of carbonyl (C=O) groups excluding carboxylic acids is 3. The number of hydrogen-bond acceptors (Lipinski definition) is 9. The number of anilines is 2. The number of aromatic amines is 1. The molecule has 2 N–H and O–H groups in total. The molecule has 48 heavy (non-hydrogen) atoms. The number of aryl methyl sites for hydroxylation is 1. The maximum absolute atomic E-state index is 14.0. The average molecular weight is 684 g/mol. The Balaban J connectivity index is 1.07. The summed E-state index contributed by atoms with van der Waals surface area (Å²) >= 11 is 2.86. The molecule has 3 fully saturated rings. The Morgan fingerprint density at radius 1 is 0.917 bits per heavy atom. The summed E-state index contributed by atoms with van der Waals surface area (Å²) in [6, 6.07) is 20.2. The lowest BCUT2D eigenvalue weighted by atomic mass is 9.68. The van der Waals surface area contributed by atoms with Crippen LogP contribution in [-0.2, 0) is 14.4 Å². The van der Waals surface area contributed by atoms with Crippen LogP contribution in [0.3, 0.4) is 0 Å². The summed E-state index contributed by atoms with van der Waals surface area (Å²) in [4.78, 5) is 58.5. The van der Waals surface area contributed by atoms with Crippen molar-refractivity contribution in [2.45, 2.75) is 29.5 Å². The first-order chi connectivity index (χ1) is 23.2. The molecule has 2 saturated carbocycles. The van der Waals surface area contributed by atoms with Crippen LogP contribution in [0.25, 0.3) is 0 Å². The lowest BCUT2D eigenvalue weighted by molar-refractivity contribution is -0.123. The molecule has 7 atom stereocenters. The molecule has 2 aliphatic carbocycles.